The molecule has 0 spiro atoms. The molecule has 1 aliphatic heterocycles. The molecular formula is C11H18N2O2. The van der Waals surface area contributed by atoms with E-state index in [1.165, 1.54) is 0 Å². The SMILES string of the molecule is CC1(O)CCN(C(=O)C(C)(C)C#N)CC1. The molecular weight excluding hydrogens is 192 g/mol. The van der Waals surface area contributed by atoms with Crippen LogP contribution in [0, 0.1) is 16.7 Å². The monoisotopic (exact) mass is 210 g/mol. The van der Waals surface area contributed by atoms with Gasteiger partial charge < -0.3 is 10.0 Å². The van der Waals surface area contributed by atoms with Gasteiger partial charge in [-0.25, -0.2) is 0 Å². The number of amides is 1. The van der Waals surface area contributed by atoms with E-state index in [1.807, 2.05) is 6.07 Å². The second kappa shape index (κ2) is 3.82. The van der Waals surface area contributed by atoms with Gasteiger partial charge in [0.05, 0.1) is 11.7 Å². The third kappa shape index (κ3) is 2.69. The van der Waals surface area contributed by atoms with Crippen molar-refractivity contribution in [3.63, 3.8) is 0 Å². The van der Waals surface area contributed by atoms with E-state index >= 15 is 0 Å². The summed E-state index contributed by atoms with van der Waals surface area (Å²) < 4.78 is 0. The van der Waals surface area contributed by atoms with E-state index in [1.54, 1.807) is 25.7 Å². The molecule has 0 radical (unpaired) electrons. The number of carbonyl (C=O) groups is 1. The zero-order chi connectivity index (χ0) is 11.7. The van der Waals surface area contributed by atoms with Crippen molar-refractivity contribution in [1.82, 2.24) is 4.90 Å². The smallest absolute Gasteiger partial charge is 0.242 e. The number of likely N-dealkylation sites (tertiary alicyclic amines) is 1. The molecule has 1 heterocycles. The Morgan fingerprint density at radius 1 is 1.47 bits per heavy atom. The number of rotatable bonds is 1. The first kappa shape index (κ1) is 12.0. The molecule has 0 aromatic rings. The summed E-state index contributed by atoms with van der Waals surface area (Å²) >= 11 is 0. The van der Waals surface area contributed by atoms with Crippen LogP contribution in [0.1, 0.15) is 33.6 Å². The molecule has 1 saturated heterocycles. The van der Waals surface area contributed by atoms with Crippen LogP contribution in [0.25, 0.3) is 0 Å². The molecule has 0 unspecified atom stereocenters. The van der Waals surface area contributed by atoms with Crippen LogP contribution in [-0.2, 0) is 4.79 Å². The van der Waals surface area contributed by atoms with Gasteiger partial charge in [-0.05, 0) is 33.6 Å². The van der Waals surface area contributed by atoms with Crippen molar-refractivity contribution in [2.45, 2.75) is 39.2 Å². The molecule has 0 atom stereocenters. The Labute approximate surface area is 90.5 Å². The van der Waals surface area contributed by atoms with Crippen LogP contribution in [0.5, 0.6) is 0 Å². The summed E-state index contributed by atoms with van der Waals surface area (Å²) in [4.78, 5) is 13.6. The van der Waals surface area contributed by atoms with E-state index in [4.69, 9.17) is 5.26 Å². The van der Waals surface area contributed by atoms with E-state index in [0.29, 0.717) is 25.9 Å². The fourth-order valence-electron chi connectivity index (χ4n) is 1.63. The number of piperidine rings is 1. The van der Waals surface area contributed by atoms with Crippen LogP contribution in [-0.4, -0.2) is 34.6 Å². The summed E-state index contributed by atoms with van der Waals surface area (Å²) in [5, 5.41) is 18.6. The number of hydrogen-bond acceptors (Lipinski definition) is 3. The highest BCUT2D eigenvalue weighted by Crippen LogP contribution is 2.25. The van der Waals surface area contributed by atoms with Gasteiger partial charge in [-0.2, -0.15) is 5.26 Å². The van der Waals surface area contributed by atoms with Gasteiger partial charge in [0.2, 0.25) is 5.91 Å². The van der Waals surface area contributed by atoms with E-state index in [9.17, 15) is 9.90 Å². The second-order valence-corrected chi connectivity index (χ2v) is 5.03. The van der Waals surface area contributed by atoms with Gasteiger partial charge in [0.15, 0.2) is 0 Å². The highest BCUT2D eigenvalue weighted by Gasteiger charge is 2.36. The minimum Gasteiger partial charge on any atom is -0.390 e. The van der Waals surface area contributed by atoms with Crippen LogP contribution in [0.15, 0.2) is 0 Å². The summed E-state index contributed by atoms with van der Waals surface area (Å²) in [7, 11) is 0. The lowest BCUT2D eigenvalue weighted by Gasteiger charge is -2.37. The number of aliphatic hydroxyl groups is 1. The average molecular weight is 210 g/mol. The summed E-state index contributed by atoms with van der Waals surface area (Å²) in [6, 6.07) is 2.01. The Morgan fingerprint density at radius 2 is 1.93 bits per heavy atom. The normalized spacial score (nSPS) is 20.9. The maximum absolute atomic E-state index is 11.9. The quantitative estimate of drug-likeness (QED) is 0.699. The molecule has 4 heteroatoms. The molecule has 15 heavy (non-hydrogen) atoms. The van der Waals surface area contributed by atoms with E-state index in [0.717, 1.165) is 0 Å². The van der Waals surface area contributed by atoms with Crippen molar-refractivity contribution in [2.75, 3.05) is 13.1 Å². The predicted octanol–water partition coefficient (Wildman–Crippen LogP) is 0.910. The molecule has 1 N–H and O–H groups in total. The zero-order valence-corrected chi connectivity index (χ0v) is 9.58. The Kier molecular flexibility index (Phi) is 3.05. The summed E-state index contributed by atoms with van der Waals surface area (Å²) in [5.41, 5.74) is -1.61. The maximum atomic E-state index is 11.9. The minimum absolute atomic E-state index is 0.138. The Bertz CT molecular complexity index is 292. The van der Waals surface area contributed by atoms with Crippen LogP contribution in [0.2, 0.25) is 0 Å². The van der Waals surface area contributed by atoms with Crippen LogP contribution in [0.3, 0.4) is 0 Å². The van der Waals surface area contributed by atoms with Crippen molar-refractivity contribution in [3.05, 3.63) is 0 Å². The van der Waals surface area contributed by atoms with E-state index < -0.39 is 11.0 Å². The van der Waals surface area contributed by atoms with Crippen molar-refractivity contribution in [2.24, 2.45) is 5.41 Å². The van der Waals surface area contributed by atoms with Crippen molar-refractivity contribution < 1.29 is 9.90 Å². The van der Waals surface area contributed by atoms with Gasteiger partial charge in [0.1, 0.15) is 5.41 Å². The first-order valence-electron chi connectivity index (χ1n) is 5.21. The number of nitrogens with zero attached hydrogens (tertiary/aromatic N) is 2. The fourth-order valence-corrected chi connectivity index (χ4v) is 1.63. The van der Waals surface area contributed by atoms with Gasteiger partial charge >= 0.3 is 0 Å². The predicted molar refractivity (Wildman–Crippen MR) is 55.8 cm³/mol. The standard InChI is InChI=1S/C11H18N2O2/c1-10(2,8-12)9(14)13-6-4-11(3,15)5-7-13/h15H,4-7H2,1-3H3. The molecule has 4 nitrogen and oxygen atoms in total. The zero-order valence-electron chi connectivity index (χ0n) is 9.58. The maximum Gasteiger partial charge on any atom is 0.242 e. The van der Waals surface area contributed by atoms with Gasteiger partial charge in [-0.15, -0.1) is 0 Å². The minimum atomic E-state index is -0.955. The van der Waals surface area contributed by atoms with Crippen molar-refractivity contribution in [3.8, 4) is 6.07 Å². The number of nitriles is 1. The van der Waals surface area contributed by atoms with Crippen LogP contribution >= 0.6 is 0 Å². The van der Waals surface area contributed by atoms with Crippen molar-refractivity contribution >= 4 is 5.91 Å². The fraction of sp³-hybridized carbons (Fsp3) is 0.818. The molecule has 0 aromatic heterocycles. The molecule has 0 aliphatic carbocycles. The van der Waals surface area contributed by atoms with E-state index in [2.05, 4.69) is 0 Å². The highest BCUT2D eigenvalue weighted by atomic mass is 16.3. The molecule has 0 saturated carbocycles. The number of carbonyl (C=O) groups excluding carboxylic acids is 1. The Balaban J connectivity index is 2.63. The highest BCUT2D eigenvalue weighted by molar-refractivity contribution is 5.84. The summed E-state index contributed by atoms with van der Waals surface area (Å²) in [6.45, 7) is 6.11. The lowest BCUT2D eigenvalue weighted by Crippen LogP contribution is -2.48. The molecule has 0 bridgehead atoms. The first-order chi connectivity index (χ1) is 6.78. The topological polar surface area (TPSA) is 64.3 Å². The lowest BCUT2D eigenvalue weighted by molar-refractivity contribution is -0.141. The average Bonchev–Trinajstić information content (AvgIpc) is 2.17. The third-order valence-electron chi connectivity index (χ3n) is 2.94. The van der Waals surface area contributed by atoms with Gasteiger partial charge in [-0.3, -0.25) is 4.79 Å². The number of hydrogen-bond donors (Lipinski definition) is 1. The van der Waals surface area contributed by atoms with Crippen molar-refractivity contribution in [1.29, 1.82) is 5.26 Å². The lowest BCUT2D eigenvalue weighted by atomic mass is 9.89. The summed E-state index contributed by atoms with van der Waals surface area (Å²) in [5.74, 6) is -0.138. The van der Waals surface area contributed by atoms with Crippen LogP contribution in [0.4, 0.5) is 0 Å². The first-order valence-corrected chi connectivity index (χ1v) is 5.21. The van der Waals surface area contributed by atoms with Gasteiger partial charge in [-0.1, -0.05) is 0 Å². The van der Waals surface area contributed by atoms with Crippen LogP contribution < -0.4 is 0 Å². The molecule has 1 aliphatic rings. The largest absolute Gasteiger partial charge is 0.390 e. The molecule has 1 fully saturated rings. The van der Waals surface area contributed by atoms with Gasteiger partial charge in [0, 0.05) is 13.1 Å². The molecule has 1 amide bonds. The molecule has 0 aromatic carbocycles. The van der Waals surface area contributed by atoms with Gasteiger partial charge in [0.25, 0.3) is 0 Å². The summed E-state index contributed by atoms with van der Waals surface area (Å²) in [6.07, 6.45) is 1.17. The molecule has 84 valence electrons. The second-order valence-electron chi connectivity index (χ2n) is 5.03. The third-order valence-corrected chi connectivity index (χ3v) is 2.94. The molecule has 1 rings (SSSR count). The van der Waals surface area contributed by atoms with E-state index in [-0.39, 0.29) is 5.91 Å². The Hall–Kier alpha value is -1.08. The Morgan fingerprint density at radius 3 is 2.33 bits per heavy atom.